The standard InChI is InChI=1S/C15H18BrNO2S/c1-10-14(16)7-13(20-10)9-17-8-11-4-5-12(18-2)6-15(11)19-3/h4-7,17H,8-9H2,1-3H3. The van der Waals surface area contributed by atoms with Gasteiger partial charge in [-0.3, -0.25) is 0 Å². The fourth-order valence-electron chi connectivity index (χ4n) is 1.92. The molecule has 0 fully saturated rings. The second-order valence-electron chi connectivity index (χ2n) is 4.40. The van der Waals surface area contributed by atoms with Crippen molar-refractivity contribution < 1.29 is 9.47 Å². The third-order valence-corrected chi connectivity index (χ3v) is 5.15. The molecule has 0 saturated carbocycles. The zero-order chi connectivity index (χ0) is 14.5. The van der Waals surface area contributed by atoms with Crippen molar-refractivity contribution in [2.45, 2.75) is 20.0 Å². The Hall–Kier alpha value is -1.04. The van der Waals surface area contributed by atoms with E-state index in [1.54, 1.807) is 25.6 Å². The molecule has 0 spiro atoms. The van der Waals surface area contributed by atoms with Gasteiger partial charge in [-0.25, -0.2) is 0 Å². The van der Waals surface area contributed by atoms with Gasteiger partial charge in [0.15, 0.2) is 0 Å². The first-order chi connectivity index (χ1) is 9.63. The van der Waals surface area contributed by atoms with E-state index in [9.17, 15) is 0 Å². The summed E-state index contributed by atoms with van der Waals surface area (Å²) in [6.07, 6.45) is 0. The van der Waals surface area contributed by atoms with Crippen LogP contribution in [0.25, 0.3) is 0 Å². The highest BCUT2D eigenvalue weighted by Crippen LogP contribution is 2.27. The van der Waals surface area contributed by atoms with Crippen LogP contribution in [-0.4, -0.2) is 14.2 Å². The predicted octanol–water partition coefficient (Wildman–Crippen LogP) is 4.13. The molecule has 20 heavy (non-hydrogen) atoms. The smallest absolute Gasteiger partial charge is 0.127 e. The number of aryl methyl sites for hydroxylation is 1. The average Bonchev–Trinajstić information content (AvgIpc) is 2.78. The summed E-state index contributed by atoms with van der Waals surface area (Å²) in [4.78, 5) is 2.63. The number of nitrogens with one attached hydrogen (secondary N) is 1. The molecule has 0 aliphatic rings. The molecule has 0 bridgehead atoms. The minimum absolute atomic E-state index is 0.766. The minimum Gasteiger partial charge on any atom is -0.497 e. The Labute approximate surface area is 132 Å². The number of methoxy groups -OCH3 is 2. The molecule has 0 saturated heterocycles. The number of rotatable bonds is 6. The van der Waals surface area contributed by atoms with Gasteiger partial charge in [0.2, 0.25) is 0 Å². The summed E-state index contributed by atoms with van der Waals surface area (Å²) < 4.78 is 11.8. The molecule has 0 amide bonds. The third kappa shape index (κ3) is 3.75. The van der Waals surface area contributed by atoms with E-state index < -0.39 is 0 Å². The van der Waals surface area contributed by atoms with Gasteiger partial charge in [0.05, 0.1) is 14.2 Å². The highest BCUT2D eigenvalue weighted by molar-refractivity contribution is 9.10. The summed E-state index contributed by atoms with van der Waals surface area (Å²) in [6.45, 7) is 3.73. The van der Waals surface area contributed by atoms with Crippen molar-refractivity contribution >= 4 is 27.3 Å². The van der Waals surface area contributed by atoms with Crippen LogP contribution in [0.1, 0.15) is 15.3 Å². The van der Waals surface area contributed by atoms with Gasteiger partial charge >= 0.3 is 0 Å². The normalized spacial score (nSPS) is 10.6. The molecule has 1 aromatic heterocycles. The van der Waals surface area contributed by atoms with E-state index in [0.29, 0.717) is 0 Å². The second-order valence-corrected chi connectivity index (χ2v) is 6.59. The van der Waals surface area contributed by atoms with Crippen LogP contribution in [0.3, 0.4) is 0 Å². The third-order valence-electron chi connectivity index (χ3n) is 3.02. The molecular weight excluding hydrogens is 338 g/mol. The number of hydrogen-bond acceptors (Lipinski definition) is 4. The number of ether oxygens (including phenoxy) is 2. The van der Waals surface area contributed by atoms with Gasteiger partial charge in [-0.2, -0.15) is 0 Å². The Kier molecular flexibility index (Phi) is 5.46. The first-order valence-electron chi connectivity index (χ1n) is 6.30. The summed E-state index contributed by atoms with van der Waals surface area (Å²) in [5, 5.41) is 3.44. The van der Waals surface area contributed by atoms with E-state index in [0.717, 1.165) is 30.2 Å². The second kappa shape index (κ2) is 7.11. The van der Waals surface area contributed by atoms with Crippen LogP contribution in [0.15, 0.2) is 28.7 Å². The lowest BCUT2D eigenvalue weighted by Crippen LogP contribution is -2.12. The van der Waals surface area contributed by atoms with E-state index >= 15 is 0 Å². The molecule has 1 N–H and O–H groups in total. The predicted molar refractivity (Wildman–Crippen MR) is 86.8 cm³/mol. The van der Waals surface area contributed by atoms with Gasteiger partial charge in [-0.15, -0.1) is 11.3 Å². The Bertz CT molecular complexity index is 564. The molecular formula is C15H18BrNO2S. The van der Waals surface area contributed by atoms with Crippen molar-refractivity contribution in [2.24, 2.45) is 0 Å². The van der Waals surface area contributed by atoms with E-state index in [4.69, 9.17) is 9.47 Å². The molecule has 1 aromatic carbocycles. The summed E-state index contributed by atoms with van der Waals surface area (Å²) in [7, 11) is 3.34. The zero-order valence-electron chi connectivity index (χ0n) is 11.8. The van der Waals surface area contributed by atoms with Crippen molar-refractivity contribution in [2.75, 3.05) is 14.2 Å². The number of thiophene rings is 1. The van der Waals surface area contributed by atoms with E-state index in [2.05, 4.69) is 34.2 Å². The average molecular weight is 356 g/mol. The van der Waals surface area contributed by atoms with Crippen LogP contribution in [0.5, 0.6) is 11.5 Å². The number of benzene rings is 1. The summed E-state index contributed by atoms with van der Waals surface area (Å²) >= 11 is 5.35. The summed E-state index contributed by atoms with van der Waals surface area (Å²) in [5.41, 5.74) is 1.13. The lowest BCUT2D eigenvalue weighted by Gasteiger charge is -2.10. The highest BCUT2D eigenvalue weighted by Gasteiger charge is 2.06. The maximum Gasteiger partial charge on any atom is 0.127 e. The zero-order valence-corrected chi connectivity index (χ0v) is 14.2. The van der Waals surface area contributed by atoms with Crippen LogP contribution in [-0.2, 0) is 13.1 Å². The van der Waals surface area contributed by atoms with Crippen molar-refractivity contribution in [1.82, 2.24) is 5.32 Å². The lowest BCUT2D eigenvalue weighted by atomic mass is 10.2. The molecule has 2 rings (SSSR count). The maximum absolute atomic E-state index is 5.39. The SMILES string of the molecule is COc1ccc(CNCc2cc(Br)c(C)s2)c(OC)c1. The van der Waals surface area contributed by atoms with E-state index in [1.807, 2.05) is 18.2 Å². The van der Waals surface area contributed by atoms with Crippen LogP contribution >= 0.6 is 27.3 Å². The van der Waals surface area contributed by atoms with Gasteiger partial charge in [0, 0.05) is 38.9 Å². The highest BCUT2D eigenvalue weighted by atomic mass is 79.9. The monoisotopic (exact) mass is 355 g/mol. The van der Waals surface area contributed by atoms with Gasteiger partial charge in [-0.05, 0) is 35.0 Å². The lowest BCUT2D eigenvalue weighted by molar-refractivity contribution is 0.390. The van der Waals surface area contributed by atoms with Crippen molar-refractivity contribution in [3.63, 3.8) is 0 Å². The molecule has 3 nitrogen and oxygen atoms in total. The first kappa shape index (κ1) is 15.4. The van der Waals surface area contributed by atoms with Gasteiger partial charge in [0.1, 0.15) is 11.5 Å². The maximum atomic E-state index is 5.39. The van der Waals surface area contributed by atoms with E-state index in [1.165, 1.54) is 14.2 Å². The van der Waals surface area contributed by atoms with Crippen molar-refractivity contribution in [3.8, 4) is 11.5 Å². The Morgan fingerprint density at radius 2 is 1.95 bits per heavy atom. The largest absolute Gasteiger partial charge is 0.497 e. The van der Waals surface area contributed by atoms with E-state index in [-0.39, 0.29) is 0 Å². The molecule has 0 unspecified atom stereocenters. The number of hydrogen-bond donors (Lipinski definition) is 1. The Balaban J connectivity index is 1.96. The Morgan fingerprint density at radius 3 is 2.55 bits per heavy atom. The molecule has 0 aliphatic carbocycles. The van der Waals surface area contributed by atoms with Crippen molar-refractivity contribution in [3.05, 3.63) is 44.1 Å². The topological polar surface area (TPSA) is 30.5 Å². The summed E-state index contributed by atoms with van der Waals surface area (Å²) in [5.74, 6) is 1.66. The van der Waals surface area contributed by atoms with Gasteiger partial charge in [-0.1, -0.05) is 6.07 Å². The molecule has 2 aromatic rings. The summed E-state index contributed by atoms with van der Waals surface area (Å²) in [6, 6.07) is 8.05. The van der Waals surface area contributed by atoms with Crippen molar-refractivity contribution in [1.29, 1.82) is 0 Å². The molecule has 0 radical (unpaired) electrons. The molecule has 1 heterocycles. The van der Waals surface area contributed by atoms with Crippen LogP contribution in [0, 0.1) is 6.92 Å². The number of halogens is 1. The van der Waals surface area contributed by atoms with Crippen LogP contribution < -0.4 is 14.8 Å². The molecule has 0 atom stereocenters. The van der Waals surface area contributed by atoms with Gasteiger partial charge < -0.3 is 14.8 Å². The fourth-order valence-corrected chi connectivity index (χ4v) is 3.49. The molecule has 5 heteroatoms. The first-order valence-corrected chi connectivity index (χ1v) is 7.91. The minimum atomic E-state index is 0.766. The van der Waals surface area contributed by atoms with Crippen LogP contribution in [0.2, 0.25) is 0 Å². The Morgan fingerprint density at radius 1 is 1.15 bits per heavy atom. The molecule has 108 valence electrons. The molecule has 0 aliphatic heterocycles. The van der Waals surface area contributed by atoms with Gasteiger partial charge in [0.25, 0.3) is 0 Å². The van der Waals surface area contributed by atoms with Crippen LogP contribution in [0.4, 0.5) is 0 Å². The quantitative estimate of drug-likeness (QED) is 0.844. The fraction of sp³-hybridized carbons (Fsp3) is 0.333.